The molecule has 28 heavy (non-hydrogen) atoms. The van der Waals surface area contributed by atoms with Crippen LogP contribution in [0.1, 0.15) is 25.3 Å². The molecule has 7 heteroatoms. The van der Waals surface area contributed by atoms with Gasteiger partial charge in [0.1, 0.15) is 0 Å². The fourth-order valence-corrected chi connectivity index (χ4v) is 3.50. The number of pyridine rings is 1. The van der Waals surface area contributed by atoms with Crippen molar-refractivity contribution in [3.63, 3.8) is 0 Å². The van der Waals surface area contributed by atoms with Gasteiger partial charge in [0.15, 0.2) is 0 Å². The maximum atomic E-state index is 12.2. The summed E-state index contributed by atoms with van der Waals surface area (Å²) >= 11 is 0. The Kier molecular flexibility index (Phi) is 6.81. The van der Waals surface area contributed by atoms with Crippen molar-refractivity contribution in [2.45, 2.75) is 26.2 Å². The number of nitrogens with zero attached hydrogens (tertiary/aromatic N) is 2. The van der Waals surface area contributed by atoms with E-state index in [0.717, 1.165) is 43.6 Å². The van der Waals surface area contributed by atoms with Crippen LogP contribution in [0.15, 0.2) is 35.1 Å². The minimum atomic E-state index is -0.159. The molecule has 2 heterocycles. The summed E-state index contributed by atoms with van der Waals surface area (Å²) in [5, 5.41) is 3.74. The lowest BCUT2D eigenvalue weighted by molar-refractivity contribution is -0.132. The highest BCUT2D eigenvalue weighted by Gasteiger charge is 2.19. The van der Waals surface area contributed by atoms with E-state index in [9.17, 15) is 14.4 Å². The zero-order valence-corrected chi connectivity index (χ0v) is 16.4. The number of carbonyl (C=O) groups is 2. The van der Waals surface area contributed by atoms with Crippen LogP contribution in [0, 0.1) is 0 Å². The van der Waals surface area contributed by atoms with Crippen molar-refractivity contribution in [1.29, 1.82) is 0 Å². The molecule has 0 aliphatic carbocycles. The molecule has 1 aromatic heterocycles. The number of rotatable bonds is 7. The molecule has 0 radical (unpaired) electrons. The van der Waals surface area contributed by atoms with Gasteiger partial charge in [0.2, 0.25) is 11.8 Å². The summed E-state index contributed by atoms with van der Waals surface area (Å²) in [5.41, 5.74) is 1.23. The number of amides is 2. The summed E-state index contributed by atoms with van der Waals surface area (Å²) in [4.78, 5) is 43.5. The summed E-state index contributed by atoms with van der Waals surface area (Å²) in [6.07, 6.45) is 0.915. The Morgan fingerprint density at radius 1 is 1.11 bits per heavy atom. The van der Waals surface area contributed by atoms with Gasteiger partial charge >= 0.3 is 0 Å². The molecule has 2 N–H and O–H groups in total. The molecule has 2 amide bonds. The Labute approximate surface area is 164 Å². The van der Waals surface area contributed by atoms with Crippen molar-refractivity contribution in [3.05, 3.63) is 46.2 Å². The Bertz CT molecular complexity index is 885. The van der Waals surface area contributed by atoms with Crippen LogP contribution in [-0.2, 0) is 16.0 Å². The van der Waals surface area contributed by atoms with Crippen LogP contribution in [0.5, 0.6) is 0 Å². The number of carbonyl (C=O) groups excluding carboxylic acids is 2. The third kappa shape index (κ3) is 5.19. The number of piperazine rings is 1. The molecule has 150 valence electrons. The van der Waals surface area contributed by atoms with E-state index < -0.39 is 0 Å². The van der Waals surface area contributed by atoms with Gasteiger partial charge in [0.05, 0.1) is 0 Å². The second-order valence-electron chi connectivity index (χ2n) is 7.13. The van der Waals surface area contributed by atoms with Crippen molar-refractivity contribution in [2.75, 3.05) is 39.3 Å². The van der Waals surface area contributed by atoms with Crippen molar-refractivity contribution in [1.82, 2.24) is 20.1 Å². The number of aryl methyl sites for hydroxylation is 1. The average Bonchev–Trinajstić information content (AvgIpc) is 2.72. The number of H-pyrrole nitrogens is 1. The summed E-state index contributed by atoms with van der Waals surface area (Å²) in [7, 11) is 0. The Morgan fingerprint density at radius 3 is 2.61 bits per heavy atom. The van der Waals surface area contributed by atoms with Gasteiger partial charge in [-0.3, -0.25) is 14.4 Å². The predicted octanol–water partition coefficient (Wildman–Crippen LogP) is 1.13. The molecular weight excluding hydrogens is 356 g/mol. The standard InChI is InChI=1S/C21H28N4O3/c1-2-24-11-13-25(14-12-24)20(27)9-10-22-19(26)8-7-17-15-16-5-3-4-6-18(16)23-21(17)28/h3-6,15H,2,7-14H2,1H3,(H,22,26)(H,23,28). The van der Waals surface area contributed by atoms with Crippen LogP contribution in [-0.4, -0.2) is 65.9 Å². The Morgan fingerprint density at radius 2 is 1.86 bits per heavy atom. The van der Waals surface area contributed by atoms with Crippen LogP contribution in [0.4, 0.5) is 0 Å². The highest BCUT2D eigenvalue weighted by atomic mass is 16.2. The van der Waals surface area contributed by atoms with Crippen LogP contribution >= 0.6 is 0 Å². The van der Waals surface area contributed by atoms with Crippen molar-refractivity contribution in [3.8, 4) is 0 Å². The van der Waals surface area contributed by atoms with Crippen LogP contribution in [0.2, 0.25) is 0 Å². The average molecular weight is 384 g/mol. The number of hydrogen-bond donors (Lipinski definition) is 2. The number of hydrogen-bond acceptors (Lipinski definition) is 4. The predicted molar refractivity (Wildman–Crippen MR) is 109 cm³/mol. The number of para-hydroxylation sites is 1. The highest BCUT2D eigenvalue weighted by Crippen LogP contribution is 2.11. The minimum Gasteiger partial charge on any atom is -0.356 e. The topological polar surface area (TPSA) is 85.5 Å². The maximum Gasteiger partial charge on any atom is 0.251 e. The number of fused-ring (bicyclic) bond motifs is 1. The first-order valence-electron chi connectivity index (χ1n) is 9.94. The lowest BCUT2D eigenvalue weighted by Gasteiger charge is -2.34. The number of likely N-dealkylation sites (N-methyl/N-ethyl adjacent to an activating group) is 1. The molecule has 2 aromatic rings. The van der Waals surface area contributed by atoms with E-state index in [2.05, 4.69) is 22.1 Å². The van der Waals surface area contributed by atoms with Gasteiger partial charge in [-0.15, -0.1) is 0 Å². The summed E-state index contributed by atoms with van der Waals surface area (Å²) < 4.78 is 0. The largest absolute Gasteiger partial charge is 0.356 e. The Balaban J connectivity index is 1.41. The zero-order chi connectivity index (χ0) is 19.9. The molecule has 1 aliphatic heterocycles. The first kappa shape index (κ1) is 20.1. The maximum absolute atomic E-state index is 12.2. The summed E-state index contributed by atoms with van der Waals surface area (Å²) in [6, 6.07) is 9.40. The van der Waals surface area contributed by atoms with Gasteiger partial charge in [-0.25, -0.2) is 0 Å². The van der Waals surface area contributed by atoms with Gasteiger partial charge in [0, 0.05) is 56.6 Å². The molecule has 0 atom stereocenters. The van der Waals surface area contributed by atoms with E-state index in [0.29, 0.717) is 24.9 Å². The van der Waals surface area contributed by atoms with Crippen molar-refractivity contribution >= 4 is 22.7 Å². The van der Waals surface area contributed by atoms with Crippen LogP contribution < -0.4 is 10.9 Å². The molecule has 1 aromatic carbocycles. The zero-order valence-electron chi connectivity index (χ0n) is 16.4. The number of benzene rings is 1. The molecule has 0 spiro atoms. The number of nitrogens with one attached hydrogen (secondary N) is 2. The summed E-state index contributed by atoms with van der Waals surface area (Å²) in [6.45, 7) is 6.80. The smallest absolute Gasteiger partial charge is 0.251 e. The van der Waals surface area contributed by atoms with E-state index in [-0.39, 0.29) is 23.8 Å². The molecular formula is C21H28N4O3. The van der Waals surface area contributed by atoms with Crippen molar-refractivity contribution < 1.29 is 9.59 Å². The molecule has 1 fully saturated rings. The molecule has 1 saturated heterocycles. The lowest BCUT2D eigenvalue weighted by atomic mass is 10.1. The fourth-order valence-electron chi connectivity index (χ4n) is 3.50. The first-order chi connectivity index (χ1) is 13.6. The van der Waals surface area contributed by atoms with E-state index in [1.807, 2.05) is 35.2 Å². The van der Waals surface area contributed by atoms with E-state index in [1.54, 1.807) is 0 Å². The molecule has 3 rings (SSSR count). The third-order valence-corrected chi connectivity index (χ3v) is 5.29. The number of aromatic nitrogens is 1. The van der Waals surface area contributed by atoms with Gasteiger partial charge in [0.25, 0.3) is 5.56 Å². The second-order valence-corrected chi connectivity index (χ2v) is 7.13. The van der Waals surface area contributed by atoms with Gasteiger partial charge in [-0.05, 0) is 30.5 Å². The fraction of sp³-hybridized carbons (Fsp3) is 0.476. The Hall–Kier alpha value is -2.67. The van der Waals surface area contributed by atoms with Gasteiger partial charge < -0.3 is 20.1 Å². The second kappa shape index (κ2) is 9.50. The minimum absolute atomic E-state index is 0.0852. The number of aromatic amines is 1. The molecule has 0 bridgehead atoms. The van der Waals surface area contributed by atoms with E-state index in [4.69, 9.17) is 0 Å². The van der Waals surface area contributed by atoms with Crippen LogP contribution in [0.25, 0.3) is 10.9 Å². The normalized spacial score (nSPS) is 15.0. The van der Waals surface area contributed by atoms with E-state index >= 15 is 0 Å². The molecule has 1 aliphatic rings. The van der Waals surface area contributed by atoms with Crippen LogP contribution in [0.3, 0.4) is 0 Å². The quantitative estimate of drug-likeness (QED) is 0.749. The monoisotopic (exact) mass is 384 g/mol. The van der Waals surface area contributed by atoms with E-state index in [1.165, 1.54) is 0 Å². The SMILES string of the molecule is CCN1CCN(C(=O)CCNC(=O)CCc2cc3ccccc3[nH]c2=O)CC1. The summed E-state index contributed by atoms with van der Waals surface area (Å²) in [5.74, 6) is -0.0572. The lowest BCUT2D eigenvalue weighted by Crippen LogP contribution is -2.49. The third-order valence-electron chi connectivity index (χ3n) is 5.29. The highest BCUT2D eigenvalue weighted by molar-refractivity contribution is 5.80. The molecule has 0 saturated carbocycles. The first-order valence-corrected chi connectivity index (χ1v) is 9.94. The van der Waals surface area contributed by atoms with Crippen molar-refractivity contribution in [2.24, 2.45) is 0 Å². The molecule has 7 nitrogen and oxygen atoms in total. The van der Waals surface area contributed by atoms with Gasteiger partial charge in [-0.2, -0.15) is 0 Å². The van der Waals surface area contributed by atoms with Gasteiger partial charge in [-0.1, -0.05) is 25.1 Å². The molecule has 0 unspecified atom stereocenters.